The average Bonchev–Trinajstić information content (AvgIpc) is 2.34. The van der Waals surface area contributed by atoms with Crippen LogP contribution in [-0.4, -0.2) is 32.1 Å². The van der Waals surface area contributed by atoms with Crippen LogP contribution in [0.4, 0.5) is 0 Å². The number of hydrogen-bond acceptors (Lipinski definition) is 4. The number of amides is 1. The molecular weight excluding hydrogens is 234 g/mol. The number of hydrogen-bond donors (Lipinski definition) is 1. The van der Waals surface area contributed by atoms with E-state index in [-0.39, 0.29) is 11.7 Å². The Morgan fingerprint density at radius 1 is 1.28 bits per heavy atom. The van der Waals surface area contributed by atoms with Crippen molar-refractivity contribution < 1.29 is 19.1 Å². The third-order valence-corrected chi connectivity index (χ3v) is 2.20. The fourth-order valence-electron chi connectivity index (χ4n) is 1.41. The maximum Gasteiger partial charge on any atom is 0.308 e. The fraction of sp³-hybridized carbons (Fsp3) is 0.385. The third kappa shape index (κ3) is 4.55. The Kier molecular flexibility index (Phi) is 5.87. The highest BCUT2D eigenvalue weighted by atomic mass is 16.5. The summed E-state index contributed by atoms with van der Waals surface area (Å²) >= 11 is 0. The highest BCUT2D eigenvalue weighted by molar-refractivity contribution is 5.97. The SMILES string of the molecule is COCCCNC(=O)c1ccccc1OC(C)=O. The van der Waals surface area contributed by atoms with Crippen molar-refractivity contribution in [1.82, 2.24) is 5.32 Å². The Hall–Kier alpha value is -1.88. The van der Waals surface area contributed by atoms with Crippen LogP contribution in [-0.2, 0) is 9.53 Å². The van der Waals surface area contributed by atoms with E-state index in [0.717, 1.165) is 6.42 Å². The molecular formula is C13H17NO4. The monoisotopic (exact) mass is 251 g/mol. The van der Waals surface area contributed by atoms with Gasteiger partial charge in [0, 0.05) is 27.2 Å². The lowest BCUT2D eigenvalue weighted by atomic mass is 10.2. The van der Waals surface area contributed by atoms with Gasteiger partial charge in [-0.05, 0) is 18.6 Å². The van der Waals surface area contributed by atoms with E-state index in [9.17, 15) is 9.59 Å². The minimum atomic E-state index is -0.449. The van der Waals surface area contributed by atoms with Crippen molar-refractivity contribution in [2.24, 2.45) is 0 Å². The summed E-state index contributed by atoms with van der Waals surface area (Å²) in [7, 11) is 1.61. The minimum absolute atomic E-state index is 0.261. The lowest BCUT2D eigenvalue weighted by Gasteiger charge is -2.09. The first-order chi connectivity index (χ1) is 8.65. The topological polar surface area (TPSA) is 64.6 Å². The van der Waals surface area contributed by atoms with E-state index in [2.05, 4.69) is 5.32 Å². The number of carbonyl (C=O) groups excluding carboxylic acids is 2. The van der Waals surface area contributed by atoms with E-state index in [4.69, 9.17) is 9.47 Å². The van der Waals surface area contributed by atoms with Crippen LogP contribution in [0.1, 0.15) is 23.7 Å². The van der Waals surface area contributed by atoms with Crippen molar-refractivity contribution in [2.75, 3.05) is 20.3 Å². The van der Waals surface area contributed by atoms with Crippen LogP contribution >= 0.6 is 0 Å². The summed E-state index contributed by atoms with van der Waals surface area (Å²) in [6.07, 6.45) is 0.734. The first-order valence-electron chi connectivity index (χ1n) is 5.69. The van der Waals surface area contributed by atoms with Crippen molar-refractivity contribution >= 4 is 11.9 Å². The van der Waals surface area contributed by atoms with Crippen LogP contribution in [0.3, 0.4) is 0 Å². The molecule has 1 N–H and O–H groups in total. The Bertz CT molecular complexity index is 417. The molecule has 0 atom stereocenters. The first-order valence-corrected chi connectivity index (χ1v) is 5.69. The van der Waals surface area contributed by atoms with Gasteiger partial charge in [-0.25, -0.2) is 0 Å². The number of carbonyl (C=O) groups is 2. The lowest BCUT2D eigenvalue weighted by molar-refractivity contribution is -0.131. The highest BCUT2D eigenvalue weighted by Gasteiger charge is 2.12. The molecule has 5 nitrogen and oxygen atoms in total. The summed E-state index contributed by atoms with van der Waals surface area (Å²) in [6, 6.07) is 6.63. The number of para-hydroxylation sites is 1. The van der Waals surface area contributed by atoms with Gasteiger partial charge in [0.25, 0.3) is 5.91 Å². The second-order valence-corrected chi connectivity index (χ2v) is 3.69. The largest absolute Gasteiger partial charge is 0.426 e. The second kappa shape index (κ2) is 7.45. The number of rotatable bonds is 6. The number of nitrogens with one attached hydrogen (secondary N) is 1. The highest BCUT2D eigenvalue weighted by Crippen LogP contribution is 2.17. The standard InChI is InChI=1S/C13H17NO4/c1-10(15)18-12-7-4-3-6-11(12)13(16)14-8-5-9-17-2/h3-4,6-7H,5,8-9H2,1-2H3,(H,14,16). The van der Waals surface area contributed by atoms with Crippen molar-refractivity contribution in [3.63, 3.8) is 0 Å². The normalized spacial score (nSPS) is 9.89. The van der Waals surface area contributed by atoms with Gasteiger partial charge in [-0.1, -0.05) is 12.1 Å². The molecule has 0 bridgehead atoms. The molecule has 18 heavy (non-hydrogen) atoms. The molecule has 1 rings (SSSR count). The van der Waals surface area contributed by atoms with Gasteiger partial charge in [-0.2, -0.15) is 0 Å². The zero-order chi connectivity index (χ0) is 13.4. The van der Waals surface area contributed by atoms with Crippen molar-refractivity contribution in [3.8, 4) is 5.75 Å². The molecule has 0 unspecified atom stereocenters. The minimum Gasteiger partial charge on any atom is -0.426 e. The molecule has 1 aromatic rings. The predicted octanol–water partition coefficient (Wildman–Crippen LogP) is 1.38. The second-order valence-electron chi connectivity index (χ2n) is 3.69. The third-order valence-electron chi connectivity index (χ3n) is 2.20. The summed E-state index contributed by atoms with van der Waals surface area (Å²) in [4.78, 5) is 22.8. The predicted molar refractivity (Wildman–Crippen MR) is 66.6 cm³/mol. The maximum atomic E-state index is 11.9. The molecule has 1 aromatic carbocycles. The van der Waals surface area contributed by atoms with Crippen LogP contribution in [0.15, 0.2) is 24.3 Å². The van der Waals surface area contributed by atoms with Gasteiger partial charge in [-0.15, -0.1) is 0 Å². The number of methoxy groups -OCH3 is 1. The maximum absolute atomic E-state index is 11.9. The summed E-state index contributed by atoms with van der Waals surface area (Å²) < 4.78 is 9.85. The summed E-state index contributed by atoms with van der Waals surface area (Å²) in [6.45, 7) is 2.40. The van der Waals surface area contributed by atoms with E-state index < -0.39 is 5.97 Å². The molecule has 0 aliphatic rings. The molecule has 0 saturated carbocycles. The zero-order valence-corrected chi connectivity index (χ0v) is 10.6. The molecule has 0 saturated heterocycles. The van der Waals surface area contributed by atoms with Gasteiger partial charge in [0.1, 0.15) is 5.75 Å². The van der Waals surface area contributed by atoms with Gasteiger partial charge < -0.3 is 14.8 Å². The first kappa shape index (κ1) is 14.2. The molecule has 5 heteroatoms. The van der Waals surface area contributed by atoms with Crippen molar-refractivity contribution in [2.45, 2.75) is 13.3 Å². The van der Waals surface area contributed by atoms with Crippen LogP contribution in [0, 0.1) is 0 Å². The lowest BCUT2D eigenvalue weighted by Crippen LogP contribution is -2.26. The van der Waals surface area contributed by atoms with E-state index in [1.165, 1.54) is 6.92 Å². The quantitative estimate of drug-likeness (QED) is 0.471. The number of benzene rings is 1. The van der Waals surface area contributed by atoms with E-state index in [1.54, 1.807) is 31.4 Å². The Morgan fingerprint density at radius 3 is 2.67 bits per heavy atom. The molecule has 1 amide bonds. The zero-order valence-electron chi connectivity index (χ0n) is 10.6. The van der Waals surface area contributed by atoms with E-state index in [1.807, 2.05) is 0 Å². The Morgan fingerprint density at radius 2 is 2.00 bits per heavy atom. The molecule has 0 aromatic heterocycles. The van der Waals surface area contributed by atoms with Crippen LogP contribution in [0.5, 0.6) is 5.75 Å². The molecule has 0 heterocycles. The van der Waals surface area contributed by atoms with Gasteiger partial charge in [0.2, 0.25) is 0 Å². The Labute approximate surface area is 106 Å². The molecule has 0 radical (unpaired) electrons. The van der Waals surface area contributed by atoms with E-state index in [0.29, 0.717) is 18.7 Å². The Balaban J connectivity index is 2.63. The van der Waals surface area contributed by atoms with Gasteiger partial charge in [-0.3, -0.25) is 9.59 Å². The average molecular weight is 251 g/mol. The number of ether oxygens (including phenoxy) is 2. The molecule has 0 spiro atoms. The van der Waals surface area contributed by atoms with Gasteiger partial charge >= 0.3 is 5.97 Å². The fourth-order valence-corrected chi connectivity index (χ4v) is 1.41. The van der Waals surface area contributed by atoms with E-state index >= 15 is 0 Å². The van der Waals surface area contributed by atoms with Crippen LogP contribution in [0.25, 0.3) is 0 Å². The summed E-state index contributed by atoms with van der Waals surface area (Å²) in [5, 5.41) is 2.74. The number of esters is 1. The molecule has 0 aliphatic carbocycles. The van der Waals surface area contributed by atoms with Gasteiger partial charge in [0.05, 0.1) is 5.56 Å². The summed E-state index contributed by atoms with van der Waals surface area (Å²) in [5.74, 6) is -0.438. The summed E-state index contributed by atoms with van der Waals surface area (Å²) in [5.41, 5.74) is 0.352. The molecule has 0 fully saturated rings. The smallest absolute Gasteiger partial charge is 0.308 e. The molecule has 98 valence electrons. The van der Waals surface area contributed by atoms with Crippen molar-refractivity contribution in [3.05, 3.63) is 29.8 Å². The van der Waals surface area contributed by atoms with Crippen LogP contribution in [0.2, 0.25) is 0 Å². The molecule has 0 aliphatic heterocycles. The van der Waals surface area contributed by atoms with Crippen molar-refractivity contribution in [1.29, 1.82) is 0 Å². The van der Waals surface area contributed by atoms with Gasteiger partial charge in [0.15, 0.2) is 0 Å². The van der Waals surface area contributed by atoms with Crippen LogP contribution < -0.4 is 10.1 Å².